The summed E-state index contributed by atoms with van der Waals surface area (Å²) in [5.74, 6) is -0.991. The Morgan fingerprint density at radius 3 is 2.55 bits per heavy atom. The summed E-state index contributed by atoms with van der Waals surface area (Å²) in [5.41, 5.74) is 0.376. The molecular weight excluding hydrogens is 304 g/mol. The maximum Gasteiger partial charge on any atom is 0.335 e. The first-order chi connectivity index (χ1) is 10.3. The van der Waals surface area contributed by atoms with Crippen LogP contribution in [0.4, 0.5) is 5.69 Å². The monoisotopic (exact) mass is 328 g/mol. The van der Waals surface area contributed by atoms with E-state index in [9.17, 15) is 13.2 Å². The van der Waals surface area contributed by atoms with Crippen molar-refractivity contribution in [2.45, 2.75) is 38.5 Å². The molecule has 0 radical (unpaired) electrons. The van der Waals surface area contributed by atoms with Crippen LogP contribution in [0.5, 0.6) is 0 Å². The van der Waals surface area contributed by atoms with Gasteiger partial charge in [-0.1, -0.05) is 27.2 Å². The molecule has 7 heteroatoms. The number of hydrogen-bond acceptors (Lipinski definition) is 4. The van der Waals surface area contributed by atoms with Gasteiger partial charge in [-0.05, 0) is 30.5 Å². The molecule has 0 aliphatic carbocycles. The van der Waals surface area contributed by atoms with Crippen LogP contribution in [0.2, 0.25) is 0 Å². The summed E-state index contributed by atoms with van der Waals surface area (Å²) < 4.78 is 27.4. The molecular formula is C15H24N2O4S. The number of rotatable bonds is 9. The molecule has 0 amide bonds. The van der Waals surface area contributed by atoms with E-state index in [-0.39, 0.29) is 16.4 Å². The van der Waals surface area contributed by atoms with Gasteiger partial charge < -0.3 is 10.4 Å². The molecule has 0 atom stereocenters. The topological polar surface area (TPSA) is 95.5 Å². The van der Waals surface area contributed by atoms with Gasteiger partial charge in [0.1, 0.15) is 4.90 Å². The molecule has 0 aromatic heterocycles. The second-order valence-corrected chi connectivity index (χ2v) is 7.28. The highest BCUT2D eigenvalue weighted by Crippen LogP contribution is 2.23. The van der Waals surface area contributed by atoms with Gasteiger partial charge in [-0.2, -0.15) is 0 Å². The molecule has 3 N–H and O–H groups in total. The van der Waals surface area contributed by atoms with Gasteiger partial charge in [0.2, 0.25) is 10.0 Å². The lowest BCUT2D eigenvalue weighted by atomic mass is 10.2. The molecule has 1 rings (SSSR count). The number of aromatic carboxylic acids is 1. The number of carbonyl (C=O) groups is 1. The first-order valence-electron chi connectivity index (χ1n) is 7.38. The van der Waals surface area contributed by atoms with Crippen molar-refractivity contribution in [2.75, 3.05) is 18.4 Å². The average molecular weight is 328 g/mol. The summed E-state index contributed by atoms with van der Waals surface area (Å²) in [6.07, 6.45) is 1.88. The Labute approximate surface area is 132 Å². The maximum atomic E-state index is 12.4. The van der Waals surface area contributed by atoms with E-state index in [1.807, 2.05) is 20.8 Å². The van der Waals surface area contributed by atoms with Gasteiger partial charge in [0.05, 0.1) is 11.3 Å². The molecule has 0 aliphatic heterocycles. The lowest BCUT2D eigenvalue weighted by Crippen LogP contribution is -2.28. The number of benzene rings is 1. The molecule has 0 fully saturated rings. The average Bonchev–Trinajstić information content (AvgIpc) is 2.45. The Kier molecular flexibility index (Phi) is 6.83. The molecule has 6 nitrogen and oxygen atoms in total. The van der Waals surface area contributed by atoms with Gasteiger partial charge in [0.25, 0.3) is 0 Å². The fourth-order valence-corrected chi connectivity index (χ4v) is 3.20. The van der Waals surface area contributed by atoms with E-state index in [1.54, 1.807) is 0 Å². The number of carboxylic acid groups (broad SMARTS) is 1. The van der Waals surface area contributed by atoms with Gasteiger partial charge in [-0.3, -0.25) is 0 Å². The third kappa shape index (κ3) is 5.31. The Morgan fingerprint density at radius 2 is 2.00 bits per heavy atom. The van der Waals surface area contributed by atoms with Crippen LogP contribution >= 0.6 is 0 Å². The molecule has 22 heavy (non-hydrogen) atoms. The van der Waals surface area contributed by atoms with E-state index in [0.29, 0.717) is 18.8 Å². The summed E-state index contributed by atoms with van der Waals surface area (Å²) in [6.45, 7) is 6.77. The molecule has 0 aliphatic rings. The summed E-state index contributed by atoms with van der Waals surface area (Å²) in [7, 11) is -3.75. The van der Waals surface area contributed by atoms with Crippen LogP contribution in [0, 0.1) is 5.92 Å². The van der Waals surface area contributed by atoms with Crippen LogP contribution < -0.4 is 10.0 Å². The lowest BCUT2D eigenvalue weighted by molar-refractivity contribution is 0.0696. The Balaban J connectivity index is 3.15. The minimum atomic E-state index is -3.75. The van der Waals surface area contributed by atoms with E-state index in [0.717, 1.165) is 12.8 Å². The van der Waals surface area contributed by atoms with E-state index in [2.05, 4.69) is 10.0 Å². The zero-order valence-electron chi connectivity index (χ0n) is 13.2. The van der Waals surface area contributed by atoms with E-state index < -0.39 is 16.0 Å². The van der Waals surface area contributed by atoms with Crippen molar-refractivity contribution in [3.63, 3.8) is 0 Å². The lowest BCUT2D eigenvalue weighted by Gasteiger charge is -2.15. The minimum absolute atomic E-state index is 0.0239. The highest BCUT2D eigenvalue weighted by molar-refractivity contribution is 7.89. The third-order valence-electron chi connectivity index (χ3n) is 3.05. The second kappa shape index (κ2) is 8.14. The van der Waals surface area contributed by atoms with E-state index >= 15 is 0 Å². The highest BCUT2D eigenvalue weighted by atomic mass is 32.2. The number of sulfonamides is 1. The van der Waals surface area contributed by atoms with Crippen molar-refractivity contribution < 1.29 is 18.3 Å². The SMILES string of the molecule is CCCCNc1ccc(C(=O)O)cc1S(=O)(=O)NCC(C)C. The highest BCUT2D eigenvalue weighted by Gasteiger charge is 2.20. The maximum absolute atomic E-state index is 12.4. The predicted molar refractivity (Wildman–Crippen MR) is 86.8 cm³/mol. The number of hydrogen-bond donors (Lipinski definition) is 3. The fraction of sp³-hybridized carbons (Fsp3) is 0.533. The van der Waals surface area contributed by atoms with Gasteiger partial charge in [0, 0.05) is 13.1 Å². The predicted octanol–water partition coefficient (Wildman–Crippen LogP) is 2.53. The summed E-state index contributed by atoms with van der Waals surface area (Å²) >= 11 is 0. The molecule has 0 bridgehead atoms. The van der Waals surface area contributed by atoms with Crippen molar-refractivity contribution >= 4 is 21.7 Å². The zero-order valence-corrected chi connectivity index (χ0v) is 14.0. The number of nitrogens with one attached hydrogen (secondary N) is 2. The molecule has 0 saturated carbocycles. The summed E-state index contributed by atoms with van der Waals surface area (Å²) in [4.78, 5) is 11.1. The molecule has 0 unspecified atom stereocenters. The smallest absolute Gasteiger partial charge is 0.335 e. The van der Waals surface area contributed by atoms with E-state index in [4.69, 9.17) is 5.11 Å². The minimum Gasteiger partial charge on any atom is -0.478 e. The first-order valence-corrected chi connectivity index (χ1v) is 8.87. The largest absolute Gasteiger partial charge is 0.478 e. The number of carboxylic acids is 1. The third-order valence-corrected chi connectivity index (χ3v) is 4.51. The standard InChI is InChI=1S/C15H24N2O4S/c1-4-5-8-16-13-7-6-12(15(18)19)9-14(13)22(20,21)17-10-11(2)3/h6-7,9,11,16-17H,4-5,8,10H2,1-3H3,(H,18,19). The second-order valence-electron chi connectivity index (χ2n) is 5.54. The van der Waals surface area contributed by atoms with Crippen molar-refractivity contribution in [1.29, 1.82) is 0 Å². The number of unbranched alkanes of at least 4 members (excludes halogenated alkanes) is 1. The van der Waals surface area contributed by atoms with Crippen LogP contribution in [0.25, 0.3) is 0 Å². The van der Waals surface area contributed by atoms with Gasteiger partial charge in [-0.15, -0.1) is 0 Å². The van der Waals surface area contributed by atoms with Gasteiger partial charge in [0.15, 0.2) is 0 Å². The Hall–Kier alpha value is -1.60. The Morgan fingerprint density at radius 1 is 1.32 bits per heavy atom. The molecule has 124 valence electrons. The van der Waals surface area contributed by atoms with Crippen molar-refractivity contribution in [3.05, 3.63) is 23.8 Å². The van der Waals surface area contributed by atoms with Crippen LogP contribution in [0.3, 0.4) is 0 Å². The van der Waals surface area contributed by atoms with Crippen LogP contribution in [0.1, 0.15) is 44.0 Å². The van der Waals surface area contributed by atoms with Crippen LogP contribution in [-0.2, 0) is 10.0 Å². The van der Waals surface area contributed by atoms with Crippen molar-refractivity contribution in [1.82, 2.24) is 4.72 Å². The first kappa shape index (κ1) is 18.4. The molecule has 0 saturated heterocycles. The van der Waals surface area contributed by atoms with Gasteiger partial charge in [-0.25, -0.2) is 17.9 Å². The molecule has 0 spiro atoms. The van der Waals surface area contributed by atoms with Crippen LogP contribution in [0.15, 0.2) is 23.1 Å². The van der Waals surface area contributed by atoms with Crippen molar-refractivity contribution in [3.8, 4) is 0 Å². The summed E-state index contributed by atoms with van der Waals surface area (Å²) in [6, 6.07) is 4.10. The Bertz CT molecular complexity index is 612. The zero-order chi connectivity index (χ0) is 16.8. The van der Waals surface area contributed by atoms with E-state index in [1.165, 1.54) is 18.2 Å². The normalized spacial score (nSPS) is 11.6. The fourth-order valence-electron chi connectivity index (χ4n) is 1.78. The number of anilines is 1. The summed E-state index contributed by atoms with van der Waals surface area (Å²) in [5, 5.41) is 12.1. The van der Waals surface area contributed by atoms with Crippen LogP contribution in [-0.4, -0.2) is 32.6 Å². The van der Waals surface area contributed by atoms with Gasteiger partial charge >= 0.3 is 5.97 Å². The molecule has 1 aromatic carbocycles. The molecule has 0 heterocycles. The van der Waals surface area contributed by atoms with Crippen molar-refractivity contribution in [2.24, 2.45) is 5.92 Å². The quantitative estimate of drug-likeness (QED) is 0.605. The molecule has 1 aromatic rings.